The lowest BCUT2D eigenvalue weighted by Crippen LogP contribution is -2.27. The van der Waals surface area contributed by atoms with Gasteiger partial charge in [-0.3, -0.25) is 4.79 Å². The number of hydrogen-bond donors (Lipinski definition) is 0. The standard InChI is InChI=1S/C17H20N2O3S/c1-12-18-14(11-23-12)10-22-15-6-5-13(9-16(15)21-2)17(20)19-7-3-4-8-19/h5-6,9,11H,3-4,7-8,10H2,1-2H3. The Balaban J connectivity index is 1.72. The summed E-state index contributed by atoms with van der Waals surface area (Å²) in [6.07, 6.45) is 2.16. The molecule has 1 aliphatic heterocycles. The van der Waals surface area contributed by atoms with Gasteiger partial charge >= 0.3 is 0 Å². The number of hydrogen-bond acceptors (Lipinski definition) is 5. The number of carbonyl (C=O) groups is 1. The number of carbonyl (C=O) groups excluding carboxylic acids is 1. The number of ether oxygens (including phenoxy) is 2. The van der Waals surface area contributed by atoms with Crippen molar-refractivity contribution in [3.05, 3.63) is 39.8 Å². The van der Waals surface area contributed by atoms with Crippen LogP contribution in [0.25, 0.3) is 0 Å². The highest BCUT2D eigenvalue weighted by Gasteiger charge is 2.20. The topological polar surface area (TPSA) is 51.7 Å². The summed E-state index contributed by atoms with van der Waals surface area (Å²) >= 11 is 1.60. The number of methoxy groups -OCH3 is 1. The van der Waals surface area contributed by atoms with E-state index in [0.29, 0.717) is 23.7 Å². The van der Waals surface area contributed by atoms with E-state index < -0.39 is 0 Å². The number of benzene rings is 1. The van der Waals surface area contributed by atoms with Crippen LogP contribution in [-0.2, 0) is 6.61 Å². The van der Waals surface area contributed by atoms with Gasteiger partial charge in [-0.25, -0.2) is 4.98 Å². The number of rotatable bonds is 5. The summed E-state index contributed by atoms with van der Waals surface area (Å²) in [7, 11) is 1.58. The van der Waals surface area contributed by atoms with E-state index in [1.165, 1.54) is 0 Å². The lowest BCUT2D eigenvalue weighted by molar-refractivity contribution is 0.0792. The van der Waals surface area contributed by atoms with Gasteiger partial charge in [0.05, 0.1) is 17.8 Å². The number of amides is 1. The maximum absolute atomic E-state index is 12.4. The number of aryl methyl sites for hydroxylation is 1. The van der Waals surface area contributed by atoms with Crippen LogP contribution in [0.1, 0.15) is 33.9 Å². The zero-order valence-corrected chi connectivity index (χ0v) is 14.2. The van der Waals surface area contributed by atoms with E-state index in [1.807, 2.05) is 17.2 Å². The van der Waals surface area contributed by atoms with Gasteiger partial charge in [0, 0.05) is 24.0 Å². The Morgan fingerprint density at radius 2 is 2.09 bits per heavy atom. The molecule has 23 heavy (non-hydrogen) atoms. The summed E-state index contributed by atoms with van der Waals surface area (Å²) in [5.41, 5.74) is 1.53. The van der Waals surface area contributed by atoms with E-state index in [0.717, 1.165) is 36.6 Å². The van der Waals surface area contributed by atoms with Crippen molar-refractivity contribution in [2.45, 2.75) is 26.4 Å². The molecule has 1 aromatic carbocycles. The smallest absolute Gasteiger partial charge is 0.253 e. The van der Waals surface area contributed by atoms with Gasteiger partial charge in [0.25, 0.3) is 5.91 Å². The van der Waals surface area contributed by atoms with Gasteiger partial charge in [-0.15, -0.1) is 11.3 Å². The van der Waals surface area contributed by atoms with Crippen LogP contribution in [-0.4, -0.2) is 36.0 Å². The van der Waals surface area contributed by atoms with Gasteiger partial charge in [0.1, 0.15) is 6.61 Å². The van der Waals surface area contributed by atoms with E-state index >= 15 is 0 Å². The third kappa shape index (κ3) is 3.64. The van der Waals surface area contributed by atoms with Crippen molar-refractivity contribution in [2.75, 3.05) is 20.2 Å². The Hall–Kier alpha value is -2.08. The predicted molar refractivity (Wildman–Crippen MR) is 89.3 cm³/mol. The molecule has 0 aliphatic carbocycles. The minimum Gasteiger partial charge on any atom is -0.493 e. The van der Waals surface area contributed by atoms with Crippen LogP contribution >= 0.6 is 11.3 Å². The molecule has 1 aliphatic rings. The molecule has 1 saturated heterocycles. The molecule has 0 bridgehead atoms. The summed E-state index contributed by atoms with van der Waals surface area (Å²) in [4.78, 5) is 18.7. The molecule has 0 radical (unpaired) electrons. The minimum absolute atomic E-state index is 0.0578. The third-order valence-corrected chi connectivity index (χ3v) is 4.67. The fraction of sp³-hybridized carbons (Fsp3) is 0.412. The highest BCUT2D eigenvalue weighted by atomic mass is 32.1. The molecule has 122 valence electrons. The normalized spacial score (nSPS) is 14.1. The Morgan fingerprint density at radius 1 is 1.30 bits per heavy atom. The van der Waals surface area contributed by atoms with E-state index in [2.05, 4.69) is 4.98 Å². The fourth-order valence-electron chi connectivity index (χ4n) is 2.65. The van der Waals surface area contributed by atoms with Crippen LogP contribution in [0, 0.1) is 6.92 Å². The quantitative estimate of drug-likeness (QED) is 0.843. The third-order valence-electron chi connectivity index (χ3n) is 3.85. The van der Waals surface area contributed by atoms with Crippen molar-refractivity contribution in [1.82, 2.24) is 9.88 Å². The van der Waals surface area contributed by atoms with Crippen LogP contribution in [0.4, 0.5) is 0 Å². The zero-order valence-electron chi connectivity index (χ0n) is 13.4. The van der Waals surface area contributed by atoms with E-state index in [9.17, 15) is 4.79 Å². The van der Waals surface area contributed by atoms with Crippen LogP contribution in [0.5, 0.6) is 11.5 Å². The van der Waals surface area contributed by atoms with E-state index in [4.69, 9.17) is 9.47 Å². The summed E-state index contributed by atoms with van der Waals surface area (Å²) in [6, 6.07) is 5.34. The highest BCUT2D eigenvalue weighted by molar-refractivity contribution is 7.09. The Morgan fingerprint density at radius 3 is 2.74 bits per heavy atom. The van der Waals surface area contributed by atoms with Crippen molar-refractivity contribution in [2.24, 2.45) is 0 Å². The second kappa shape index (κ2) is 7.00. The van der Waals surface area contributed by atoms with Gasteiger partial charge in [-0.05, 0) is 38.0 Å². The Labute approximate surface area is 139 Å². The van der Waals surface area contributed by atoms with Gasteiger partial charge in [0.15, 0.2) is 11.5 Å². The minimum atomic E-state index is 0.0578. The molecule has 2 aromatic rings. The van der Waals surface area contributed by atoms with Crippen molar-refractivity contribution in [3.63, 3.8) is 0 Å². The molecular formula is C17H20N2O3S. The van der Waals surface area contributed by atoms with Gasteiger partial charge in [-0.2, -0.15) is 0 Å². The zero-order chi connectivity index (χ0) is 16.2. The molecule has 0 saturated carbocycles. The monoisotopic (exact) mass is 332 g/mol. The number of aromatic nitrogens is 1. The number of likely N-dealkylation sites (tertiary alicyclic amines) is 1. The molecule has 0 atom stereocenters. The van der Waals surface area contributed by atoms with Crippen LogP contribution in [0.2, 0.25) is 0 Å². The lowest BCUT2D eigenvalue weighted by atomic mass is 10.1. The molecule has 0 N–H and O–H groups in total. The summed E-state index contributed by atoms with van der Waals surface area (Å²) < 4.78 is 11.2. The maximum Gasteiger partial charge on any atom is 0.253 e. The lowest BCUT2D eigenvalue weighted by Gasteiger charge is -2.16. The first-order valence-corrected chi connectivity index (χ1v) is 8.56. The first-order valence-electron chi connectivity index (χ1n) is 7.68. The molecule has 5 nitrogen and oxygen atoms in total. The molecule has 6 heteroatoms. The van der Waals surface area contributed by atoms with Crippen molar-refractivity contribution < 1.29 is 14.3 Å². The highest BCUT2D eigenvalue weighted by Crippen LogP contribution is 2.29. The van der Waals surface area contributed by atoms with Crippen molar-refractivity contribution >= 4 is 17.2 Å². The van der Waals surface area contributed by atoms with Crippen LogP contribution in [0.15, 0.2) is 23.6 Å². The molecular weight excluding hydrogens is 312 g/mol. The Kier molecular flexibility index (Phi) is 4.81. The molecule has 1 aromatic heterocycles. The van der Waals surface area contributed by atoms with Gasteiger partial charge in [-0.1, -0.05) is 0 Å². The fourth-order valence-corrected chi connectivity index (χ4v) is 3.25. The van der Waals surface area contributed by atoms with E-state index in [-0.39, 0.29) is 5.91 Å². The van der Waals surface area contributed by atoms with Crippen molar-refractivity contribution in [1.29, 1.82) is 0 Å². The summed E-state index contributed by atoms with van der Waals surface area (Å²) in [5, 5.41) is 3.00. The van der Waals surface area contributed by atoms with E-state index in [1.54, 1.807) is 36.6 Å². The number of nitrogens with zero attached hydrogens (tertiary/aromatic N) is 2. The SMILES string of the molecule is COc1cc(C(=O)N2CCCC2)ccc1OCc1csc(C)n1. The Bertz CT molecular complexity index is 693. The first-order chi connectivity index (χ1) is 11.2. The summed E-state index contributed by atoms with van der Waals surface area (Å²) in [5.74, 6) is 1.25. The van der Waals surface area contributed by atoms with Crippen molar-refractivity contribution in [3.8, 4) is 11.5 Å². The molecule has 1 fully saturated rings. The average molecular weight is 332 g/mol. The second-order valence-corrected chi connectivity index (χ2v) is 6.57. The molecule has 3 rings (SSSR count). The predicted octanol–water partition coefficient (Wildman–Crippen LogP) is 3.28. The largest absolute Gasteiger partial charge is 0.493 e. The molecule has 2 heterocycles. The molecule has 0 spiro atoms. The van der Waals surface area contributed by atoms with Gasteiger partial charge in [0.2, 0.25) is 0 Å². The second-order valence-electron chi connectivity index (χ2n) is 5.51. The number of thiazole rings is 1. The average Bonchev–Trinajstić information content (AvgIpc) is 3.23. The molecule has 1 amide bonds. The maximum atomic E-state index is 12.4. The molecule has 0 unspecified atom stereocenters. The van der Waals surface area contributed by atoms with Crippen LogP contribution < -0.4 is 9.47 Å². The van der Waals surface area contributed by atoms with Gasteiger partial charge < -0.3 is 14.4 Å². The summed E-state index contributed by atoms with van der Waals surface area (Å²) in [6.45, 7) is 4.03. The first kappa shape index (κ1) is 15.8. The van der Waals surface area contributed by atoms with Crippen LogP contribution in [0.3, 0.4) is 0 Å².